The summed E-state index contributed by atoms with van der Waals surface area (Å²) in [5.74, 6) is -1.97. The molecule has 1 aliphatic heterocycles. The molecule has 2 N–H and O–H groups in total. The number of anilines is 1. The van der Waals surface area contributed by atoms with E-state index < -0.39 is 61.6 Å². The minimum absolute atomic E-state index is 0.105. The number of hydrogen-bond acceptors (Lipinski definition) is 9. The average Bonchev–Trinajstić information content (AvgIpc) is 3.09. The van der Waals surface area contributed by atoms with E-state index >= 15 is 0 Å². The van der Waals surface area contributed by atoms with Crippen molar-refractivity contribution in [1.82, 2.24) is 19.1 Å². The van der Waals surface area contributed by atoms with Gasteiger partial charge in [-0.15, -0.1) is 0 Å². The lowest BCUT2D eigenvalue weighted by Crippen LogP contribution is -2.37. The van der Waals surface area contributed by atoms with Crippen molar-refractivity contribution in [3.63, 3.8) is 0 Å². The second kappa shape index (κ2) is 8.30. The maximum atomic E-state index is 15.0. The highest BCUT2D eigenvalue weighted by Gasteiger charge is 2.50. The summed E-state index contributed by atoms with van der Waals surface area (Å²) in [6.07, 6.45) is -9.06. The predicted molar refractivity (Wildman–Crippen MR) is 93.2 cm³/mol. The Morgan fingerprint density at radius 2 is 2.10 bits per heavy atom. The number of nitrogens with two attached hydrogens (primary N) is 1. The first-order chi connectivity index (χ1) is 14.1. The minimum atomic E-state index is -2.89. The summed E-state index contributed by atoms with van der Waals surface area (Å²) in [5, 5.41) is 0. The third kappa shape index (κ3) is 3.94. The molecular weight excluding hydrogens is 415 g/mol. The van der Waals surface area contributed by atoms with Crippen LogP contribution in [0, 0.1) is 0 Å². The van der Waals surface area contributed by atoms with E-state index in [9.17, 15) is 27.6 Å². The third-order valence-electron chi connectivity index (χ3n) is 4.46. The molecule has 0 aromatic carbocycles. The topological polar surface area (TPSA) is 141 Å². The normalized spacial score (nSPS) is 23.8. The van der Waals surface area contributed by atoms with Gasteiger partial charge in [0, 0.05) is 6.92 Å². The van der Waals surface area contributed by atoms with E-state index in [0.717, 1.165) is 24.8 Å². The number of methoxy groups -OCH3 is 1. The highest BCUT2D eigenvalue weighted by Crippen LogP contribution is 2.36. The van der Waals surface area contributed by atoms with Crippen molar-refractivity contribution < 1.29 is 37.0 Å². The fourth-order valence-corrected chi connectivity index (χ4v) is 3.25. The van der Waals surface area contributed by atoms with E-state index in [2.05, 4.69) is 14.7 Å². The van der Waals surface area contributed by atoms with Crippen LogP contribution in [0.3, 0.4) is 0 Å². The highest BCUT2D eigenvalue weighted by molar-refractivity contribution is 5.72. The number of imidazole rings is 1. The van der Waals surface area contributed by atoms with Gasteiger partial charge in [0.1, 0.15) is 11.6 Å². The van der Waals surface area contributed by atoms with E-state index in [1.54, 1.807) is 0 Å². The zero-order chi connectivity index (χ0) is 22.2. The molecule has 30 heavy (non-hydrogen) atoms. The van der Waals surface area contributed by atoms with Crippen LogP contribution in [0.5, 0.6) is 0 Å². The SMILES string of the molecule is COC(=O)C[C@H]1O[C@@H](n2c(=O)n(CC(F)F)c3cnc(N)nc32)[C@H](OC(C)=O)[C@@H]1F. The van der Waals surface area contributed by atoms with E-state index in [1.807, 2.05) is 0 Å². The standard InChI is InChI=1S/C16H18F3N5O6/c1-6(25)29-12-11(19)8(3-10(26)28-2)30-14(12)24-13-7(4-21-15(20)22-13)23(16(24)27)5-9(17)18/h4,8-9,11-12,14H,3,5H2,1-2H3,(H2,20,21,22)/t8-,11-,12-,14-/m1/s1. The van der Waals surface area contributed by atoms with Gasteiger partial charge in [0.15, 0.2) is 24.2 Å². The first-order valence-corrected chi connectivity index (χ1v) is 8.69. The molecule has 164 valence electrons. The first-order valence-electron chi connectivity index (χ1n) is 8.69. The summed E-state index contributed by atoms with van der Waals surface area (Å²) >= 11 is 0. The Morgan fingerprint density at radius 1 is 1.40 bits per heavy atom. The number of nitrogens with zero attached hydrogens (tertiary/aromatic N) is 4. The van der Waals surface area contributed by atoms with Crippen molar-refractivity contribution in [3.8, 4) is 0 Å². The number of rotatable bonds is 6. The summed E-state index contributed by atoms with van der Waals surface area (Å²) in [6, 6.07) is 0. The Morgan fingerprint density at radius 3 is 2.70 bits per heavy atom. The van der Waals surface area contributed by atoms with Crippen molar-refractivity contribution in [3.05, 3.63) is 16.7 Å². The summed E-state index contributed by atoms with van der Waals surface area (Å²) in [6.45, 7) is 0.0195. The third-order valence-corrected chi connectivity index (χ3v) is 4.46. The van der Waals surface area contributed by atoms with Gasteiger partial charge in [-0.25, -0.2) is 27.5 Å². The summed E-state index contributed by atoms with van der Waals surface area (Å²) in [5.41, 5.74) is 4.19. The second-order valence-electron chi connectivity index (χ2n) is 6.46. The minimum Gasteiger partial charge on any atom is -0.469 e. The molecule has 0 saturated carbocycles. The van der Waals surface area contributed by atoms with Gasteiger partial charge >= 0.3 is 17.6 Å². The molecule has 0 unspecified atom stereocenters. The molecule has 1 fully saturated rings. The predicted octanol–water partition coefficient (Wildman–Crippen LogP) is 0.171. The van der Waals surface area contributed by atoms with E-state index in [-0.39, 0.29) is 17.1 Å². The van der Waals surface area contributed by atoms with Gasteiger partial charge in [-0.05, 0) is 0 Å². The van der Waals surface area contributed by atoms with Crippen LogP contribution in [-0.4, -0.2) is 63.0 Å². The number of alkyl halides is 3. The molecule has 0 amide bonds. The van der Waals surface area contributed by atoms with Gasteiger partial charge in [-0.2, -0.15) is 4.98 Å². The van der Waals surface area contributed by atoms with Crippen LogP contribution in [0.4, 0.5) is 19.1 Å². The molecular formula is C16H18F3N5O6. The van der Waals surface area contributed by atoms with Gasteiger partial charge in [-0.1, -0.05) is 0 Å². The van der Waals surface area contributed by atoms with Crippen molar-refractivity contribution in [2.45, 2.75) is 50.9 Å². The lowest BCUT2D eigenvalue weighted by molar-refractivity contribution is -0.154. The summed E-state index contributed by atoms with van der Waals surface area (Å²) in [7, 11) is 1.09. The maximum Gasteiger partial charge on any atom is 0.332 e. The Bertz CT molecular complexity index is 1020. The van der Waals surface area contributed by atoms with Crippen molar-refractivity contribution in [2.75, 3.05) is 12.8 Å². The smallest absolute Gasteiger partial charge is 0.332 e. The molecule has 3 heterocycles. The summed E-state index contributed by atoms with van der Waals surface area (Å²) < 4.78 is 57.4. The number of nitrogen functional groups attached to an aromatic ring is 1. The lowest BCUT2D eigenvalue weighted by atomic mass is 10.1. The van der Waals surface area contributed by atoms with Crippen LogP contribution in [0.2, 0.25) is 0 Å². The molecule has 1 aliphatic rings. The van der Waals surface area contributed by atoms with Gasteiger partial charge < -0.3 is 19.9 Å². The Labute approximate surface area is 166 Å². The molecule has 1 saturated heterocycles. The van der Waals surface area contributed by atoms with E-state index in [0.29, 0.717) is 4.57 Å². The lowest BCUT2D eigenvalue weighted by Gasteiger charge is -2.19. The zero-order valence-corrected chi connectivity index (χ0v) is 15.8. The van der Waals surface area contributed by atoms with Crippen LogP contribution < -0.4 is 11.4 Å². The number of aromatic nitrogens is 4. The Kier molecular flexibility index (Phi) is 5.96. The number of carbonyl (C=O) groups is 2. The molecule has 14 heteroatoms. The monoisotopic (exact) mass is 433 g/mol. The molecule has 0 bridgehead atoms. The number of halogens is 3. The molecule has 11 nitrogen and oxygen atoms in total. The molecule has 2 aromatic heterocycles. The molecule has 4 atom stereocenters. The molecule has 0 radical (unpaired) electrons. The van der Waals surface area contributed by atoms with Gasteiger partial charge in [0.05, 0.1) is 26.3 Å². The van der Waals surface area contributed by atoms with E-state index in [1.165, 1.54) is 0 Å². The Hall–Kier alpha value is -3.16. The number of esters is 2. The van der Waals surface area contributed by atoms with Crippen molar-refractivity contribution in [1.29, 1.82) is 0 Å². The average molecular weight is 433 g/mol. The highest BCUT2D eigenvalue weighted by atomic mass is 19.3. The van der Waals surface area contributed by atoms with Crippen LogP contribution in [-0.2, 0) is 30.3 Å². The summed E-state index contributed by atoms with van der Waals surface area (Å²) in [4.78, 5) is 43.5. The molecule has 3 rings (SSSR count). The largest absolute Gasteiger partial charge is 0.469 e. The zero-order valence-electron chi connectivity index (χ0n) is 15.8. The maximum absolute atomic E-state index is 15.0. The number of fused-ring (bicyclic) bond motifs is 1. The fraction of sp³-hybridized carbons (Fsp3) is 0.562. The van der Waals surface area contributed by atoms with Gasteiger partial charge in [0.25, 0.3) is 6.43 Å². The molecule has 0 aliphatic carbocycles. The van der Waals surface area contributed by atoms with Crippen LogP contribution >= 0.6 is 0 Å². The van der Waals surface area contributed by atoms with Gasteiger partial charge in [-0.3, -0.25) is 14.2 Å². The van der Waals surface area contributed by atoms with Crippen LogP contribution in [0.15, 0.2) is 11.0 Å². The van der Waals surface area contributed by atoms with Crippen molar-refractivity contribution in [2.24, 2.45) is 0 Å². The number of ether oxygens (including phenoxy) is 3. The van der Waals surface area contributed by atoms with Gasteiger partial charge in [0.2, 0.25) is 5.95 Å². The van der Waals surface area contributed by atoms with Crippen molar-refractivity contribution >= 4 is 29.1 Å². The van der Waals surface area contributed by atoms with Crippen LogP contribution in [0.1, 0.15) is 19.6 Å². The Balaban J connectivity index is 2.14. The molecule has 2 aromatic rings. The molecule has 0 spiro atoms. The first kappa shape index (κ1) is 21.5. The number of hydrogen-bond donors (Lipinski definition) is 1. The van der Waals surface area contributed by atoms with Crippen LogP contribution in [0.25, 0.3) is 11.2 Å². The van der Waals surface area contributed by atoms with E-state index in [4.69, 9.17) is 15.2 Å². The number of carbonyl (C=O) groups excluding carboxylic acids is 2. The fourth-order valence-electron chi connectivity index (χ4n) is 3.25. The second-order valence-corrected chi connectivity index (χ2v) is 6.46. The quantitative estimate of drug-likeness (QED) is 0.631.